The van der Waals surface area contributed by atoms with E-state index in [2.05, 4.69) is 18.0 Å². The number of aromatic nitrogens is 1. The molecule has 3 aromatic rings. The minimum Gasteiger partial charge on any atom is -0.497 e. The number of hydrogen-bond donors (Lipinski definition) is 1. The number of pyridine rings is 1. The number of nitrogens with zero attached hydrogens (tertiary/aromatic N) is 1. The van der Waals surface area contributed by atoms with E-state index in [9.17, 15) is 5.11 Å². The van der Waals surface area contributed by atoms with Gasteiger partial charge in [-0.25, -0.2) is 0 Å². The Labute approximate surface area is 166 Å². The van der Waals surface area contributed by atoms with Crippen LogP contribution in [0.5, 0.6) is 11.5 Å². The molecule has 146 valence electrons. The monoisotopic (exact) mass is 377 g/mol. The van der Waals surface area contributed by atoms with Gasteiger partial charge in [-0.3, -0.25) is 4.98 Å². The van der Waals surface area contributed by atoms with E-state index in [-0.39, 0.29) is 6.10 Å². The molecule has 0 saturated carbocycles. The fraction of sp³-hybridized carbons (Fsp3) is 0.292. The molecule has 28 heavy (non-hydrogen) atoms. The normalized spacial score (nSPS) is 13.0. The van der Waals surface area contributed by atoms with Gasteiger partial charge in [-0.05, 0) is 79.3 Å². The third-order valence-electron chi connectivity index (χ3n) is 4.93. The first kappa shape index (κ1) is 19.9. The van der Waals surface area contributed by atoms with E-state index in [4.69, 9.17) is 9.47 Å². The molecule has 4 nitrogen and oxygen atoms in total. The smallest absolute Gasteiger partial charge is 0.122 e. The van der Waals surface area contributed by atoms with Crippen molar-refractivity contribution in [2.24, 2.45) is 0 Å². The molecule has 0 bridgehead atoms. The van der Waals surface area contributed by atoms with Gasteiger partial charge in [-0.2, -0.15) is 0 Å². The lowest BCUT2D eigenvalue weighted by Gasteiger charge is -2.21. The second-order valence-electron chi connectivity index (χ2n) is 7.00. The highest BCUT2D eigenvalue weighted by Gasteiger charge is 2.16. The van der Waals surface area contributed by atoms with Gasteiger partial charge < -0.3 is 14.6 Å². The molecule has 0 aliphatic heterocycles. The van der Waals surface area contributed by atoms with Crippen molar-refractivity contribution < 1.29 is 14.6 Å². The Kier molecular flexibility index (Phi) is 6.66. The van der Waals surface area contributed by atoms with Crippen LogP contribution in [0.4, 0.5) is 0 Å². The average Bonchev–Trinajstić information content (AvgIpc) is 2.73. The van der Waals surface area contributed by atoms with E-state index in [0.717, 1.165) is 34.6 Å². The van der Waals surface area contributed by atoms with Crippen molar-refractivity contribution >= 4 is 0 Å². The fourth-order valence-corrected chi connectivity index (χ4v) is 3.14. The maximum atomic E-state index is 10.4. The lowest BCUT2D eigenvalue weighted by atomic mass is 10.00. The van der Waals surface area contributed by atoms with Crippen molar-refractivity contribution in [3.05, 3.63) is 78.1 Å². The molecule has 2 atom stereocenters. The topological polar surface area (TPSA) is 51.6 Å². The van der Waals surface area contributed by atoms with Crippen molar-refractivity contribution in [2.45, 2.75) is 38.9 Å². The molecule has 0 unspecified atom stereocenters. The second kappa shape index (κ2) is 9.38. The third kappa shape index (κ3) is 5.11. The van der Waals surface area contributed by atoms with Gasteiger partial charge in [0, 0.05) is 12.4 Å². The summed E-state index contributed by atoms with van der Waals surface area (Å²) in [6.07, 6.45) is 4.16. The van der Waals surface area contributed by atoms with E-state index < -0.39 is 6.10 Å². The fourth-order valence-electron chi connectivity index (χ4n) is 3.14. The summed E-state index contributed by atoms with van der Waals surface area (Å²) in [5.74, 6) is 1.59. The predicted octanol–water partition coefficient (Wildman–Crippen LogP) is 4.83. The molecule has 1 N–H and O–H groups in total. The average molecular weight is 377 g/mol. The molecule has 0 amide bonds. The highest BCUT2D eigenvalue weighted by atomic mass is 16.5. The molecule has 0 fully saturated rings. The standard InChI is InChI=1S/C24H27NO3/c1-17-6-10-22(27-3)15-23(17)20-8-11-21(12-9-20)28-18(2)24(26)13-7-19-5-4-14-25-16-19/h4-6,8-12,14-16,18,24,26H,7,13H2,1-3H3/t18-,24+/m0/s1. The third-order valence-corrected chi connectivity index (χ3v) is 4.93. The Morgan fingerprint density at radius 1 is 1.04 bits per heavy atom. The van der Waals surface area contributed by atoms with Crippen LogP contribution in [0, 0.1) is 6.92 Å². The van der Waals surface area contributed by atoms with Crippen LogP contribution in [-0.2, 0) is 6.42 Å². The predicted molar refractivity (Wildman–Crippen MR) is 112 cm³/mol. The summed E-state index contributed by atoms with van der Waals surface area (Å²) in [7, 11) is 1.67. The minimum atomic E-state index is -0.541. The minimum absolute atomic E-state index is 0.291. The molecule has 0 radical (unpaired) electrons. The van der Waals surface area contributed by atoms with Gasteiger partial charge in [-0.15, -0.1) is 0 Å². The van der Waals surface area contributed by atoms with Crippen molar-refractivity contribution in [1.29, 1.82) is 0 Å². The molecule has 1 heterocycles. The van der Waals surface area contributed by atoms with Crippen molar-refractivity contribution in [3.8, 4) is 22.6 Å². The highest BCUT2D eigenvalue weighted by Crippen LogP contribution is 2.29. The number of aryl methyl sites for hydroxylation is 2. The van der Waals surface area contributed by atoms with Crippen LogP contribution in [0.3, 0.4) is 0 Å². The van der Waals surface area contributed by atoms with Crippen molar-refractivity contribution in [3.63, 3.8) is 0 Å². The Balaban J connectivity index is 1.60. The summed E-state index contributed by atoms with van der Waals surface area (Å²) < 4.78 is 11.3. The van der Waals surface area contributed by atoms with Crippen LogP contribution in [0.25, 0.3) is 11.1 Å². The van der Waals surface area contributed by atoms with Gasteiger partial charge in [0.25, 0.3) is 0 Å². The second-order valence-corrected chi connectivity index (χ2v) is 7.00. The molecule has 3 rings (SSSR count). The zero-order valence-electron chi connectivity index (χ0n) is 16.6. The Morgan fingerprint density at radius 3 is 2.46 bits per heavy atom. The van der Waals surface area contributed by atoms with Crippen LogP contribution in [0.2, 0.25) is 0 Å². The summed E-state index contributed by atoms with van der Waals surface area (Å²) in [5.41, 5.74) is 4.55. The maximum Gasteiger partial charge on any atom is 0.122 e. The summed E-state index contributed by atoms with van der Waals surface area (Å²) >= 11 is 0. The summed E-state index contributed by atoms with van der Waals surface area (Å²) in [5, 5.41) is 10.4. The molecular weight excluding hydrogens is 350 g/mol. The first-order valence-electron chi connectivity index (χ1n) is 9.55. The van der Waals surface area contributed by atoms with Crippen LogP contribution in [0.1, 0.15) is 24.5 Å². The lowest BCUT2D eigenvalue weighted by molar-refractivity contribution is 0.0420. The van der Waals surface area contributed by atoms with E-state index in [1.165, 1.54) is 5.56 Å². The quantitative estimate of drug-likeness (QED) is 0.611. The summed E-state index contributed by atoms with van der Waals surface area (Å²) in [6, 6.07) is 17.9. The lowest BCUT2D eigenvalue weighted by Crippen LogP contribution is -2.29. The number of hydrogen-bond acceptors (Lipinski definition) is 4. The van der Waals surface area contributed by atoms with Gasteiger partial charge in [0.05, 0.1) is 13.2 Å². The maximum absolute atomic E-state index is 10.4. The molecule has 0 aliphatic rings. The van der Waals surface area contributed by atoms with Gasteiger partial charge >= 0.3 is 0 Å². The first-order valence-corrected chi connectivity index (χ1v) is 9.55. The van der Waals surface area contributed by atoms with Gasteiger partial charge in [0.2, 0.25) is 0 Å². The number of aliphatic hydroxyl groups excluding tert-OH is 1. The molecule has 0 spiro atoms. The molecule has 0 aliphatic carbocycles. The number of methoxy groups -OCH3 is 1. The SMILES string of the molecule is COc1ccc(C)c(-c2ccc(O[C@@H](C)[C@H](O)CCc3cccnc3)cc2)c1. The van der Waals surface area contributed by atoms with E-state index >= 15 is 0 Å². The molecular formula is C24H27NO3. The summed E-state index contributed by atoms with van der Waals surface area (Å²) in [4.78, 5) is 4.10. The number of benzene rings is 2. The van der Waals surface area contributed by atoms with Gasteiger partial charge in [0.1, 0.15) is 17.6 Å². The zero-order valence-corrected chi connectivity index (χ0v) is 16.6. The number of ether oxygens (including phenoxy) is 2. The van der Waals surface area contributed by atoms with E-state index in [1.807, 2.05) is 61.7 Å². The Hall–Kier alpha value is -2.85. The van der Waals surface area contributed by atoms with Crippen LogP contribution in [0.15, 0.2) is 67.0 Å². The van der Waals surface area contributed by atoms with Crippen LogP contribution < -0.4 is 9.47 Å². The molecule has 0 saturated heterocycles. The van der Waals surface area contributed by atoms with Gasteiger partial charge in [-0.1, -0.05) is 24.3 Å². The zero-order chi connectivity index (χ0) is 19.9. The van der Waals surface area contributed by atoms with Crippen molar-refractivity contribution in [1.82, 2.24) is 4.98 Å². The largest absolute Gasteiger partial charge is 0.497 e. The Morgan fingerprint density at radius 2 is 1.79 bits per heavy atom. The van der Waals surface area contributed by atoms with Crippen molar-refractivity contribution in [2.75, 3.05) is 7.11 Å². The van der Waals surface area contributed by atoms with Gasteiger partial charge in [0.15, 0.2) is 0 Å². The van der Waals surface area contributed by atoms with E-state index in [1.54, 1.807) is 13.3 Å². The Bertz CT molecular complexity index is 878. The first-order chi connectivity index (χ1) is 13.6. The summed E-state index contributed by atoms with van der Waals surface area (Å²) in [6.45, 7) is 3.98. The molecule has 4 heteroatoms. The highest BCUT2D eigenvalue weighted by molar-refractivity contribution is 5.69. The molecule has 2 aromatic carbocycles. The van der Waals surface area contributed by atoms with E-state index in [0.29, 0.717) is 6.42 Å². The van der Waals surface area contributed by atoms with Crippen LogP contribution >= 0.6 is 0 Å². The van der Waals surface area contributed by atoms with Crippen LogP contribution in [-0.4, -0.2) is 29.4 Å². The number of aliphatic hydroxyl groups is 1. The number of rotatable bonds is 8. The molecule has 1 aromatic heterocycles.